The zero-order valence-electron chi connectivity index (χ0n) is 14.9. The van der Waals surface area contributed by atoms with E-state index in [1.165, 1.54) is 0 Å². The van der Waals surface area contributed by atoms with E-state index in [1.807, 2.05) is 23.1 Å². The minimum Gasteiger partial charge on any atom is -0.339 e. The maximum absolute atomic E-state index is 12.5. The maximum atomic E-state index is 12.5. The van der Waals surface area contributed by atoms with E-state index in [9.17, 15) is 9.59 Å². The molecule has 2 amide bonds. The topological polar surface area (TPSA) is 69.3 Å². The molecule has 0 saturated carbocycles. The lowest BCUT2D eigenvalue weighted by molar-refractivity contribution is -0.131. The quantitative estimate of drug-likeness (QED) is 0.874. The Morgan fingerprint density at radius 3 is 2.42 bits per heavy atom. The van der Waals surface area contributed by atoms with Crippen LogP contribution in [0.5, 0.6) is 0 Å². The molecule has 1 fully saturated rings. The fraction of sp³-hybridized carbons (Fsp3) is 0.421. The van der Waals surface area contributed by atoms with E-state index in [2.05, 4.69) is 17.1 Å². The summed E-state index contributed by atoms with van der Waals surface area (Å²) in [7, 11) is 0. The molecule has 0 bridgehead atoms. The van der Waals surface area contributed by atoms with Gasteiger partial charge >= 0.3 is 0 Å². The van der Waals surface area contributed by atoms with Gasteiger partial charge in [0.2, 0.25) is 5.91 Å². The molecular weight excluding hydrogens is 352 g/mol. The first-order chi connectivity index (χ1) is 12.6. The Morgan fingerprint density at radius 2 is 1.77 bits per heavy atom. The van der Waals surface area contributed by atoms with Crippen LogP contribution in [0.15, 0.2) is 30.3 Å². The molecular formula is C19H23ClN4O2. The Hall–Kier alpha value is -2.34. The first kappa shape index (κ1) is 18.5. The minimum atomic E-state index is -0.0756. The highest BCUT2D eigenvalue weighted by Gasteiger charge is 2.26. The predicted molar refractivity (Wildman–Crippen MR) is 100 cm³/mol. The van der Waals surface area contributed by atoms with Gasteiger partial charge in [-0.25, -0.2) is 0 Å². The number of H-pyrrole nitrogens is 1. The average molecular weight is 375 g/mol. The van der Waals surface area contributed by atoms with Crippen LogP contribution >= 0.6 is 11.6 Å². The number of hydrogen-bond donors (Lipinski definition) is 1. The number of piperazine rings is 1. The van der Waals surface area contributed by atoms with Gasteiger partial charge in [0.1, 0.15) is 5.69 Å². The molecule has 26 heavy (non-hydrogen) atoms. The van der Waals surface area contributed by atoms with Crippen LogP contribution < -0.4 is 0 Å². The number of nitrogens with zero attached hydrogens (tertiary/aromatic N) is 3. The SMILES string of the molecule is CCCc1cc(C(=O)N2CCN(C(=O)Cc3ccc(Cl)cc3)CC2)n[nH]1. The Morgan fingerprint density at radius 1 is 1.12 bits per heavy atom. The number of hydrogen-bond acceptors (Lipinski definition) is 3. The fourth-order valence-electron chi connectivity index (χ4n) is 3.08. The molecule has 3 rings (SSSR count). The van der Waals surface area contributed by atoms with Gasteiger partial charge in [-0.1, -0.05) is 37.1 Å². The molecule has 0 atom stereocenters. The maximum Gasteiger partial charge on any atom is 0.274 e. The van der Waals surface area contributed by atoms with Crippen LogP contribution in [0, 0.1) is 0 Å². The first-order valence-electron chi connectivity index (χ1n) is 8.92. The number of benzene rings is 1. The van der Waals surface area contributed by atoms with E-state index in [0.29, 0.717) is 43.3 Å². The van der Waals surface area contributed by atoms with Crippen molar-refractivity contribution in [2.45, 2.75) is 26.2 Å². The average Bonchev–Trinajstić information content (AvgIpc) is 3.12. The van der Waals surface area contributed by atoms with Gasteiger partial charge in [-0.05, 0) is 30.2 Å². The van der Waals surface area contributed by atoms with E-state index in [0.717, 1.165) is 24.1 Å². The Bertz CT molecular complexity index is 764. The van der Waals surface area contributed by atoms with E-state index in [-0.39, 0.29) is 11.8 Å². The van der Waals surface area contributed by atoms with Gasteiger partial charge in [-0.2, -0.15) is 5.10 Å². The third-order valence-electron chi connectivity index (χ3n) is 4.56. The lowest BCUT2D eigenvalue weighted by atomic mass is 10.1. The summed E-state index contributed by atoms with van der Waals surface area (Å²) in [4.78, 5) is 28.6. The second-order valence-electron chi connectivity index (χ2n) is 6.50. The Labute approximate surface area is 158 Å². The van der Waals surface area contributed by atoms with Gasteiger partial charge in [0.15, 0.2) is 0 Å². The molecule has 0 radical (unpaired) electrons. The molecule has 1 saturated heterocycles. The summed E-state index contributed by atoms with van der Waals surface area (Å²) in [5.74, 6) is -0.00201. The summed E-state index contributed by atoms with van der Waals surface area (Å²) in [5, 5.41) is 7.69. The van der Waals surface area contributed by atoms with Gasteiger partial charge in [0.05, 0.1) is 6.42 Å². The number of halogens is 1. The van der Waals surface area contributed by atoms with Crippen molar-refractivity contribution in [3.8, 4) is 0 Å². The van der Waals surface area contributed by atoms with E-state index >= 15 is 0 Å². The van der Waals surface area contributed by atoms with Crippen LogP contribution in [-0.4, -0.2) is 58.0 Å². The second kappa shape index (κ2) is 8.36. The van der Waals surface area contributed by atoms with Gasteiger partial charge < -0.3 is 9.80 Å². The number of aromatic amines is 1. The molecule has 138 valence electrons. The zero-order valence-corrected chi connectivity index (χ0v) is 15.6. The van der Waals surface area contributed by atoms with Gasteiger partial charge in [-0.15, -0.1) is 0 Å². The second-order valence-corrected chi connectivity index (χ2v) is 6.94. The molecule has 6 nitrogen and oxygen atoms in total. The van der Waals surface area contributed by atoms with Gasteiger partial charge in [-0.3, -0.25) is 14.7 Å². The number of carbonyl (C=O) groups excluding carboxylic acids is 2. The van der Waals surface area contributed by atoms with Crippen LogP contribution in [0.2, 0.25) is 5.02 Å². The molecule has 1 aliphatic heterocycles. The lowest BCUT2D eigenvalue weighted by Crippen LogP contribution is -2.51. The summed E-state index contributed by atoms with van der Waals surface area (Å²) in [6, 6.07) is 9.13. The largest absolute Gasteiger partial charge is 0.339 e. The zero-order chi connectivity index (χ0) is 18.5. The molecule has 1 aromatic carbocycles. The molecule has 1 aromatic heterocycles. The normalized spacial score (nSPS) is 14.5. The van der Waals surface area contributed by atoms with Crippen molar-refractivity contribution in [3.05, 3.63) is 52.3 Å². The Balaban J connectivity index is 1.52. The molecule has 1 aliphatic rings. The van der Waals surface area contributed by atoms with Crippen molar-refractivity contribution in [2.75, 3.05) is 26.2 Å². The van der Waals surface area contributed by atoms with Crippen molar-refractivity contribution < 1.29 is 9.59 Å². The van der Waals surface area contributed by atoms with Crippen molar-refractivity contribution >= 4 is 23.4 Å². The van der Waals surface area contributed by atoms with Crippen LogP contribution in [-0.2, 0) is 17.6 Å². The fourth-order valence-corrected chi connectivity index (χ4v) is 3.20. The number of aryl methyl sites for hydroxylation is 1. The molecule has 0 aliphatic carbocycles. The monoisotopic (exact) mass is 374 g/mol. The van der Waals surface area contributed by atoms with Crippen molar-refractivity contribution in [2.24, 2.45) is 0 Å². The smallest absolute Gasteiger partial charge is 0.274 e. The lowest BCUT2D eigenvalue weighted by Gasteiger charge is -2.34. The number of rotatable bonds is 5. The number of aromatic nitrogens is 2. The summed E-state index contributed by atoms with van der Waals surface area (Å²) < 4.78 is 0. The summed E-state index contributed by atoms with van der Waals surface area (Å²) >= 11 is 5.87. The molecule has 2 heterocycles. The van der Waals surface area contributed by atoms with Crippen LogP contribution in [0.4, 0.5) is 0 Å². The highest BCUT2D eigenvalue weighted by atomic mass is 35.5. The van der Waals surface area contributed by atoms with Crippen LogP contribution in [0.3, 0.4) is 0 Å². The highest BCUT2D eigenvalue weighted by molar-refractivity contribution is 6.30. The highest BCUT2D eigenvalue weighted by Crippen LogP contribution is 2.13. The third kappa shape index (κ3) is 4.43. The van der Waals surface area contributed by atoms with Crippen molar-refractivity contribution in [1.82, 2.24) is 20.0 Å². The van der Waals surface area contributed by atoms with E-state index < -0.39 is 0 Å². The molecule has 0 spiro atoms. The van der Waals surface area contributed by atoms with Crippen molar-refractivity contribution in [1.29, 1.82) is 0 Å². The van der Waals surface area contributed by atoms with E-state index in [4.69, 9.17) is 11.6 Å². The standard InChI is InChI=1S/C19H23ClN4O2/c1-2-3-16-13-17(22-21-16)19(26)24-10-8-23(9-11-24)18(25)12-14-4-6-15(20)7-5-14/h4-7,13H,2-3,8-12H2,1H3,(H,21,22). The molecule has 1 N–H and O–H groups in total. The van der Waals surface area contributed by atoms with Crippen LogP contribution in [0.25, 0.3) is 0 Å². The van der Waals surface area contributed by atoms with E-state index in [1.54, 1.807) is 17.0 Å². The van der Waals surface area contributed by atoms with Crippen LogP contribution in [0.1, 0.15) is 35.1 Å². The molecule has 0 unspecified atom stereocenters. The number of amides is 2. The molecule has 2 aromatic rings. The Kier molecular flexibility index (Phi) is 5.93. The first-order valence-corrected chi connectivity index (χ1v) is 9.30. The van der Waals surface area contributed by atoms with Crippen molar-refractivity contribution in [3.63, 3.8) is 0 Å². The third-order valence-corrected chi connectivity index (χ3v) is 4.81. The number of carbonyl (C=O) groups is 2. The predicted octanol–water partition coefficient (Wildman–Crippen LogP) is 2.54. The summed E-state index contributed by atoms with van der Waals surface area (Å²) in [5.41, 5.74) is 2.37. The summed E-state index contributed by atoms with van der Waals surface area (Å²) in [6.45, 7) is 4.24. The van der Waals surface area contributed by atoms with Gasteiger partial charge in [0, 0.05) is 36.9 Å². The van der Waals surface area contributed by atoms with Gasteiger partial charge in [0.25, 0.3) is 5.91 Å². The summed E-state index contributed by atoms with van der Waals surface area (Å²) in [6.07, 6.45) is 2.24. The minimum absolute atomic E-state index is 0.0735. The number of nitrogens with one attached hydrogen (secondary N) is 1. The molecule has 7 heteroatoms.